The molecule has 0 amide bonds. The Balaban J connectivity index is 2.32. The lowest BCUT2D eigenvalue weighted by Gasteiger charge is -2.10. The van der Waals surface area contributed by atoms with E-state index in [1.54, 1.807) is 11.8 Å². The predicted molar refractivity (Wildman–Crippen MR) is 84.0 cm³/mol. The van der Waals surface area contributed by atoms with Crippen molar-refractivity contribution in [2.24, 2.45) is 5.84 Å². The van der Waals surface area contributed by atoms with E-state index in [1.165, 1.54) is 16.0 Å². The van der Waals surface area contributed by atoms with Crippen molar-refractivity contribution in [3.05, 3.63) is 41.2 Å². The van der Waals surface area contributed by atoms with Crippen LogP contribution in [0.5, 0.6) is 0 Å². The van der Waals surface area contributed by atoms with Crippen LogP contribution in [0.1, 0.15) is 36.7 Å². The van der Waals surface area contributed by atoms with E-state index in [0.29, 0.717) is 5.82 Å². The first-order valence-corrected chi connectivity index (χ1v) is 7.42. The second-order valence-electron chi connectivity index (χ2n) is 5.10. The molecule has 106 valence electrons. The van der Waals surface area contributed by atoms with E-state index in [2.05, 4.69) is 61.3 Å². The fraction of sp³-hybridized carbons (Fsp3) is 0.333. The summed E-state index contributed by atoms with van der Waals surface area (Å²) in [7, 11) is 0. The normalized spacial score (nSPS) is 10.9. The maximum atomic E-state index is 5.48. The van der Waals surface area contributed by atoms with Crippen LogP contribution in [0.4, 0.5) is 5.82 Å². The minimum Gasteiger partial charge on any atom is -0.308 e. The van der Waals surface area contributed by atoms with Gasteiger partial charge in [-0.05, 0) is 37.1 Å². The average molecular weight is 288 g/mol. The summed E-state index contributed by atoms with van der Waals surface area (Å²) in [5.74, 6) is 7.19. The van der Waals surface area contributed by atoms with Crippen LogP contribution >= 0.6 is 11.8 Å². The van der Waals surface area contributed by atoms with Crippen molar-refractivity contribution in [2.75, 3.05) is 5.43 Å². The van der Waals surface area contributed by atoms with E-state index in [9.17, 15) is 0 Å². The first-order chi connectivity index (χ1) is 9.49. The van der Waals surface area contributed by atoms with Crippen LogP contribution in [-0.2, 0) is 0 Å². The van der Waals surface area contributed by atoms with Gasteiger partial charge in [-0.2, -0.15) is 0 Å². The van der Waals surface area contributed by atoms with Gasteiger partial charge in [0.2, 0.25) is 0 Å². The molecule has 2 rings (SSSR count). The third-order valence-corrected chi connectivity index (χ3v) is 3.99. The number of nitrogens with one attached hydrogen (secondary N) is 1. The Morgan fingerprint density at radius 2 is 1.85 bits per heavy atom. The Bertz CT molecular complexity index is 611. The van der Waals surface area contributed by atoms with E-state index in [1.807, 2.05) is 6.07 Å². The summed E-state index contributed by atoms with van der Waals surface area (Å²) in [6.45, 7) is 8.37. The van der Waals surface area contributed by atoms with E-state index in [4.69, 9.17) is 5.84 Å². The SMILES string of the molecule is Cc1ccc(Sc2cc(NN)nc(C(C)C)n2)cc1C. The molecule has 1 aromatic heterocycles. The van der Waals surface area contributed by atoms with Crippen LogP contribution in [0, 0.1) is 13.8 Å². The quantitative estimate of drug-likeness (QED) is 0.511. The third kappa shape index (κ3) is 3.49. The Morgan fingerprint density at radius 1 is 1.10 bits per heavy atom. The van der Waals surface area contributed by atoms with Gasteiger partial charge >= 0.3 is 0 Å². The molecule has 0 aliphatic carbocycles. The van der Waals surface area contributed by atoms with Crippen molar-refractivity contribution in [1.29, 1.82) is 0 Å². The highest BCUT2D eigenvalue weighted by Crippen LogP contribution is 2.29. The molecule has 1 heterocycles. The zero-order valence-corrected chi connectivity index (χ0v) is 13.1. The summed E-state index contributed by atoms with van der Waals surface area (Å²) >= 11 is 1.62. The molecule has 5 heteroatoms. The molecule has 2 aromatic rings. The van der Waals surface area contributed by atoms with Gasteiger partial charge in [0.1, 0.15) is 16.7 Å². The molecule has 1 aromatic carbocycles. The van der Waals surface area contributed by atoms with Crippen molar-refractivity contribution in [3.8, 4) is 0 Å². The highest BCUT2D eigenvalue weighted by Gasteiger charge is 2.09. The number of hydrogen-bond acceptors (Lipinski definition) is 5. The van der Waals surface area contributed by atoms with Crippen LogP contribution in [0.15, 0.2) is 34.2 Å². The van der Waals surface area contributed by atoms with Crippen molar-refractivity contribution >= 4 is 17.6 Å². The largest absolute Gasteiger partial charge is 0.308 e. The van der Waals surface area contributed by atoms with E-state index in [0.717, 1.165) is 10.9 Å². The van der Waals surface area contributed by atoms with Crippen molar-refractivity contribution in [1.82, 2.24) is 9.97 Å². The number of nitrogens with zero attached hydrogens (tertiary/aromatic N) is 2. The van der Waals surface area contributed by atoms with Crippen molar-refractivity contribution in [3.63, 3.8) is 0 Å². The van der Waals surface area contributed by atoms with Crippen LogP contribution in [0.3, 0.4) is 0 Å². The molecule has 20 heavy (non-hydrogen) atoms. The van der Waals surface area contributed by atoms with Crippen LogP contribution in [-0.4, -0.2) is 9.97 Å². The Kier molecular flexibility index (Phi) is 4.62. The fourth-order valence-electron chi connectivity index (χ4n) is 1.73. The summed E-state index contributed by atoms with van der Waals surface area (Å²) in [5, 5.41) is 0.903. The van der Waals surface area contributed by atoms with Crippen molar-refractivity contribution < 1.29 is 0 Å². The lowest BCUT2D eigenvalue weighted by atomic mass is 10.1. The average Bonchev–Trinajstić information content (AvgIpc) is 2.42. The number of hydrogen-bond donors (Lipinski definition) is 2. The highest BCUT2D eigenvalue weighted by atomic mass is 32.2. The van der Waals surface area contributed by atoms with Gasteiger partial charge < -0.3 is 5.43 Å². The van der Waals surface area contributed by atoms with E-state index in [-0.39, 0.29) is 5.92 Å². The molecule has 3 N–H and O–H groups in total. The number of benzene rings is 1. The zero-order chi connectivity index (χ0) is 14.7. The number of aryl methyl sites for hydroxylation is 2. The second-order valence-corrected chi connectivity index (χ2v) is 6.19. The maximum absolute atomic E-state index is 5.48. The van der Waals surface area contributed by atoms with Gasteiger partial charge in [-0.3, -0.25) is 0 Å². The number of rotatable bonds is 4. The molecule has 0 saturated heterocycles. The summed E-state index contributed by atoms with van der Waals surface area (Å²) in [6, 6.07) is 8.28. The van der Waals surface area contributed by atoms with Crippen LogP contribution < -0.4 is 11.3 Å². The Morgan fingerprint density at radius 3 is 2.45 bits per heavy atom. The van der Waals surface area contributed by atoms with Gasteiger partial charge in [0.25, 0.3) is 0 Å². The molecular weight excluding hydrogens is 268 g/mol. The highest BCUT2D eigenvalue weighted by molar-refractivity contribution is 7.99. The monoisotopic (exact) mass is 288 g/mol. The third-order valence-electron chi connectivity index (χ3n) is 3.09. The van der Waals surface area contributed by atoms with Gasteiger partial charge in [0.15, 0.2) is 0 Å². The zero-order valence-electron chi connectivity index (χ0n) is 12.3. The molecule has 0 aliphatic rings. The van der Waals surface area contributed by atoms with Gasteiger partial charge in [0, 0.05) is 16.9 Å². The van der Waals surface area contributed by atoms with E-state index < -0.39 is 0 Å². The smallest absolute Gasteiger partial charge is 0.144 e. The van der Waals surface area contributed by atoms with Gasteiger partial charge in [-0.25, -0.2) is 15.8 Å². The van der Waals surface area contributed by atoms with Crippen molar-refractivity contribution in [2.45, 2.75) is 43.5 Å². The standard InChI is InChI=1S/C15H20N4S/c1-9(2)15-17-13(19-16)8-14(18-15)20-12-6-5-10(3)11(4)7-12/h5-9H,16H2,1-4H3,(H,17,18,19). The molecule has 0 atom stereocenters. The molecule has 0 radical (unpaired) electrons. The van der Waals surface area contributed by atoms with Gasteiger partial charge in [0.05, 0.1) is 0 Å². The summed E-state index contributed by atoms with van der Waals surface area (Å²) in [5.41, 5.74) is 5.18. The second kappa shape index (κ2) is 6.24. The first kappa shape index (κ1) is 14.8. The molecule has 0 spiro atoms. The fourth-order valence-corrected chi connectivity index (χ4v) is 2.65. The summed E-state index contributed by atoms with van der Waals surface area (Å²) in [6.07, 6.45) is 0. The minimum absolute atomic E-state index is 0.266. The topological polar surface area (TPSA) is 63.8 Å². The number of nitrogen functional groups attached to an aromatic ring is 1. The molecule has 0 aliphatic heterocycles. The number of anilines is 1. The molecule has 4 nitrogen and oxygen atoms in total. The van der Waals surface area contributed by atoms with Crippen LogP contribution in [0.25, 0.3) is 0 Å². The summed E-state index contributed by atoms with van der Waals surface area (Å²) < 4.78 is 0. The predicted octanol–water partition coefficient (Wildman–Crippen LogP) is 3.65. The van der Waals surface area contributed by atoms with Crippen LogP contribution in [0.2, 0.25) is 0 Å². The Hall–Kier alpha value is -1.59. The number of hydrazine groups is 1. The Labute approximate surface area is 124 Å². The summed E-state index contributed by atoms with van der Waals surface area (Å²) in [4.78, 5) is 10.1. The maximum Gasteiger partial charge on any atom is 0.144 e. The number of nitrogens with two attached hydrogens (primary N) is 1. The van der Waals surface area contributed by atoms with Gasteiger partial charge in [-0.15, -0.1) is 0 Å². The molecule has 0 bridgehead atoms. The molecule has 0 unspecified atom stereocenters. The lowest BCUT2D eigenvalue weighted by molar-refractivity contribution is 0.754. The molecule has 0 fully saturated rings. The minimum atomic E-state index is 0.266. The number of aromatic nitrogens is 2. The molecule has 0 saturated carbocycles. The molecular formula is C15H20N4S. The van der Waals surface area contributed by atoms with E-state index >= 15 is 0 Å². The lowest BCUT2D eigenvalue weighted by Crippen LogP contribution is -2.11. The van der Waals surface area contributed by atoms with Gasteiger partial charge in [-0.1, -0.05) is 31.7 Å². The first-order valence-electron chi connectivity index (χ1n) is 6.60.